The Kier molecular flexibility index (Phi) is 3.87. The van der Waals surface area contributed by atoms with E-state index < -0.39 is 17.6 Å². The molecule has 27 heavy (non-hydrogen) atoms. The third-order valence-corrected chi connectivity index (χ3v) is 4.92. The van der Waals surface area contributed by atoms with E-state index in [-0.39, 0.29) is 18.4 Å². The Hall–Kier alpha value is -3.35. The van der Waals surface area contributed by atoms with Gasteiger partial charge in [-0.15, -0.1) is 0 Å². The molecule has 0 radical (unpaired) electrons. The molecule has 138 valence electrons. The molecule has 0 aliphatic carbocycles. The zero-order chi connectivity index (χ0) is 19.2. The number of carbonyl (C=O) groups excluding carboxylic acids is 2. The third kappa shape index (κ3) is 2.31. The van der Waals surface area contributed by atoms with E-state index in [0.29, 0.717) is 28.0 Å². The number of esters is 1. The molecular weight excluding hydrogens is 348 g/mol. The highest BCUT2D eigenvalue weighted by Crippen LogP contribution is 2.48. The number of rotatable bonds is 4. The van der Waals surface area contributed by atoms with E-state index in [4.69, 9.17) is 19.6 Å². The van der Waals surface area contributed by atoms with Crippen LogP contribution < -0.4 is 10.1 Å². The van der Waals surface area contributed by atoms with Crippen molar-refractivity contribution in [3.8, 4) is 5.75 Å². The largest absolute Gasteiger partial charge is 0.497 e. The van der Waals surface area contributed by atoms with Gasteiger partial charge in [0.05, 0.1) is 13.7 Å². The normalized spacial score (nSPS) is 22.5. The van der Waals surface area contributed by atoms with Gasteiger partial charge in [-0.1, -0.05) is 24.3 Å². The van der Waals surface area contributed by atoms with Crippen LogP contribution in [0.1, 0.15) is 40.1 Å². The number of carbonyl (C=O) groups is 2. The van der Waals surface area contributed by atoms with E-state index in [1.165, 1.54) is 7.11 Å². The Labute approximate surface area is 155 Å². The lowest BCUT2D eigenvalue weighted by molar-refractivity contribution is -0.156. The molecule has 1 amide bonds. The molecule has 2 aliphatic rings. The standard InChI is InChI=1S/C20H18N2O5/c1-3-26-19(24)20(15-7-5-4-6-13(15)18(23)22-20)16-12-9-8-11(25-2)10-14(12)17(21)27-16/h4-10,16,21H,3H2,1-2H3,(H,22,23)/t16-,20-/m1/s1. The number of benzene rings is 2. The fourth-order valence-electron chi connectivity index (χ4n) is 3.71. The molecule has 0 fully saturated rings. The summed E-state index contributed by atoms with van der Waals surface area (Å²) in [6.45, 7) is 1.85. The third-order valence-electron chi connectivity index (χ3n) is 4.92. The van der Waals surface area contributed by atoms with Gasteiger partial charge in [-0.05, 0) is 25.1 Å². The van der Waals surface area contributed by atoms with Gasteiger partial charge < -0.3 is 19.5 Å². The van der Waals surface area contributed by atoms with Crippen molar-refractivity contribution in [3.63, 3.8) is 0 Å². The first-order chi connectivity index (χ1) is 13.0. The van der Waals surface area contributed by atoms with Crippen molar-refractivity contribution in [2.75, 3.05) is 13.7 Å². The second-order valence-electron chi connectivity index (χ2n) is 6.31. The summed E-state index contributed by atoms with van der Waals surface area (Å²) in [7, 11) is 1.53. The molecule has 2 N–H and O–H groups in total. The quantitative estimate of drug-likeness (QED) is 0.809. The minimum absolute atomic E-state index is 0.0868. The number of fused-ring (bicyclic) bond motifs is 2. The molecule has 4 rings (SSSR count). The van der Waals surface area contributed by atoms with E-state index in [2.05, 4.69) is 5.32 Å². The fourth-order valence-corrected chi connectivity index (χ4v) is 3.71. The predicted molar refractivity (Wildman–Crippen MR) is 95.9 cm³/mol. The maximum absolute atomic E-state index is 13.1. The van der Waals surface area contributed by atoms with Crippen LogP contribution in [0, 0.1) is 5.41 Å². The van der Waals surface area contributed by atoms with Gasteiger partial charge in [0.1, 0.15) is 5.75 Å². The average molecular weight is 366 g/mol. The zero-order valence-electron chi connectivity index (χ0n) is 14.9. The Morgan fingerprint density at radius 3 is 2.78 bits per heavy atom. The Morgan fingerprint density at radius 2 is 2.04 bits per heavy atom. The summed E-state index contributed by atoms with van der Waals surface area (Å²) in [6.07, 6.45) is -0.919. The highest BCUT2D eigenvalue weighted by Gasteiger charge is 2.59. The van der Waals surface area contributed by atoms with E-state index >= 15 is 0 Å². The fraction of sp³-hybridized carbons (Fsp3) is 0.250. The van der Waals surface area contributed by atoms with Crippen LogP contribution in [-0.2, 0) is 19.8 Å². The number of hydrogen-bond donors (Lipinski definition) is 2. The van der Waals surface area contributed by atoms with Gasteiger partial charge in [0.2, 0.25) is 11.4 Å². The van der Waals surface area contributed by atoms with Gasteiger partial charge in [-0.25, -0.2) is 4.79 Å². The predicted octanol–water partition coefficient (Wildman–Crippen LogP) is 2.29. The lowest BCUT2D eigenvalue weighted by Gasteiger charge is -2.33. The summed E-state index contributed by atoms with van der Waals surface area (Å²) in [5, 5.41) is 11.0. The topological polar surface area (TPSA) is 97.7 Å². The minimum atomic E-state index is -1.56. The molecule has 2 aromatic rings. The van der Waals surface area contributed by atoms with Crippen LogP contribution in [0.4, 0.5) is 0 Å². The number of hydrogen-bond acceptors (Lipinski definition) is 6. The van der Waals surface area contributed by atoms with Crippen LogP contribution in [-0.4, -0.2) is 31.5 Å². The van der Waals surface area contributed by atoms with Crippen molar-refractivity contribution >= 4 is 17.8 Å². The molecule has 2 aromatic carbocycles. The van der Waals surface area contributed by atoms with Crippen LogP contribution >= 0.6 is 0 Å². The Morgan fingerprint density at radius 1 is 1.26 bits per heavy atom. The number of methoxy groups -OCH3 is 1. The SMILES string of the molecule is CCOC(=O)[C@@]1([C@@H]2OC(=N)c3cc(OC)ccc32)NC(=O)c2ccccc21. The monoisotopic (exact) mass is 366 g/mol. The van der Waals surface area contributed by atoms with Crippen molar-refractivity contribution in [1.29, 1.82) is 5.41 Å². The van der Waals surface area contributed by atoms with Crippen LogP contribution in [0.15, 0.2) is 42.5 Å². The van der Waals surface area contributed by atoms with Gasteiger partial charge >= 0.3 is 5.97 Å². The van der Waals surface area contributed by atoms with Crippen molar-refractivity contribution in [3.05, 3.63) is 64.7 Å². The summed E-state index contributed by atoms with van der Waals surface area (Å²) in [5.74, 6) is -0.513. The van der Waals surface area contributed by atoms with Crippen LogP contribution in [0.25, 0.3) is 0 Å². The first-order valence-corrected chi connectivity index (χ1v) is 8.55. The number of nitrogens with one attached hydrogen (secondary N) is 2. The van der Waals surface area contributed by atoms with Crippen molar-refractivity contribution in [1.82, 2.24) is 5.32 Å². The van der Waals surface area contributed by atoms with Gasteiger partial charge in [-0.3, -0.25) is 10.2 Å². The van der Waals surface area contributed by atoms with E-state index in [1.54, 1.807) is 49.4 Å². The Balaban J connectivity index is 1.93. The maximum atomic E-state index is 13.1. The van der Waals surface area contributed by atoms with E-state index in [9.17, 15) is 9.59 Å². The summed E-state index contributed by atoms with van der Waals surface area (Å²) in [6, 6.07) is 12.0. The van der Waals surface area contributed by atoms with Gasteiger partial charge in [-0.2, -0.15) is 0 Å². The van der Waals surface area contributed by atoms with Crippen LogP contribution in [0.2, 0.25) is 0 Å². The van der Waals surface area contributed by atoms with Crippen LogP contribution in [0.5, 0.6) is 5.75 Å². The molecule has 0 spiro atoms. The van der Waals surface area contributed by atoms with Gasteiger partial charge in [0.25, 0.3) is 5.91 Å². The molecule has 2 heterocycles. The molecule has 0 saturated carbocycles. The van der Waals surface area contributed by atoms with Crippen LogP contribution in [0.3, 0.4) is 0 Å². The molecule has 7 heteroatoms. The van der Waals surface area contributed by atoms with Gasteiger partial charge in [0.15, 0.2) is 6.10 Å². The minimum Gasteiger partial charge on any atom is -0.497 e. The highest BCUT2D eigenvalue weighted by molar-refractivity contribution is 6.07. The number of ether oxygens (including phenoxy) is 3. The molecule has 0 bridgehead atoms. The van der Waals surface area contributed by atoms with Gasteiger partial charge in [0, 0.05) is 22.3 Å². The van der Waals surface area contributed by atoms with Crippen molar-refractivity contribution < 1.29 is 23.8 Å². The lowest BCUT2D eigenvalue weighted by Crippen LogP contribution is -2.52. The molecule has 7 nitrogen and oxygen atoms in total. The lowest BCUT2D eigenvalue weighted by atomic mass is 9.81. The summed E-state index contributed by atoms with van der Waals surface area (Å²) in [5.41, 5.74) is 0.445. The molecule has 0 aromatic heterocycles. The summed E-state index contributed by atoms with van der Waals surface area (Å²) < 4.78 is 16.3. The molecule has 0 unspecified atom stereocenters. The second kappa shape index (κ2) is 6.12. The summed E-state index contributed by atoms with van der Waals surface area (Å²) >= 11 is 0. The highest BCUT2D eigenvalue weighted by atomic mass is 16.5. The second-order valence-corrected chi connectivity index (χ2v) is 6.31. The first-order valence-electron chi connectivity index (χ1n) is 8.55. The maximum Gasteiger partial charge on any atom is 0.340 e. The van der Waals surface area contributed by atoms with Crippen molar-refractivity contribution in [2.45, 2.75) is 18.6 Å². The molecule has 2 atom stereocenters. The average Bonchev–Trinajstić information content (AvgIpc) is 3.17. The Bertz CT molecular complexity index is 971. The van der Waals surface area contributed by atoms with Crippen molar-refractivity contribution in [2.24, 2.45) is 0 Å². The van der Waals surface area contributed by atoms with E-state index in [1.807, 2.05) is 0 Å². The molecule has 0 saturated heterocycles. The zero-order valence-corrected chi connectivity index (χ0v) is 14.9. The summed E-state index contributed by atoms with van der Waals surface area (Å²) in [4.78, 5) is 25.7. The molecule has 2 aliphatic heterocycles. The molecular formula is C20H18N2O5. The first kappa shape index (κ1) is 17.1. The smallest absolute Gasteiger partial charge is 0.340 e. The van der Waals surface area contributed by atoms with E-state index in [0.717, 1.165) is 0 Å². The number of amides is 1.